The molecule has 1 aromatic carbocycles. The number of hydrogen-bond donors (Lipinski definition) is 1. The fourth-order valence-corrected chi connectivity index (χ4v) is 2.55. The van der Waals surface area contributed by atoms with Gasteiger partial charge in [0.15, 0.2) is 0 Å². The van der Waals surface area contributed by atoms with E-state index in [-0.39, 0.29) is 5.82 Å². The van der Waals surface area contributed by atoms with E-state index in [0.717, 1.165) is 18.9 Å². The molecule has 1 aromatic rings. The third-order valence-corrected chi connectivity index (χ3v) is 3.59. The summed E-state index contributed by atoms with van der Waals surface area (Å²) in [6, 6.07) is 6.91. The van der Waals surface area contributed by atoms with Crippen LogP contribution in [0.2, 0.25) is 0 Å². The van der Waals surface area contributed by atoms with Crippen LogP contribution < -0.4 is 5.32 Å². The van der Waals surface area contributed by atoms with Gasteiger partial charge in [-0.1, -0.05) is 38.8 Å². The predicted octanol–water partition coefficient (Wildman–Crippen LogP) is 3.64. The van der Waals surface area contributed by atoms with Crippen molar-refractivity contribution in [1.29, 1.82) is 0 Å². The minimum atomic E-state index is -0.151. The molecule has 17 heavy (non-hydrogen) atoms. The summed E-state index contributed by atoms with van der Waals surface area (Å²) in [5.41, 5.74) is 1.23. The van der Waals surface area contributed by atoms with Crippen molar-refractivity contribution in [2.75, 3.05) is 13.6 Å². The first kappa shape index (κ1) is 14.2. The van der Waals surface area contributed by atoms with Crippen LogP contribution in [-0.4, -0.2) is 13.6 Å². The molecular formula is C15H24FN. The van der Waals surface area contributed by atoms with E-state index in [0.29, 0.717) is 5.92 Å². The molecule has 0 aliphatic heterocycles. The van der Waals surface area contributed by atoms with Gasteiger partial charge >= 0.3 is 0 Å². The molecule has 1 nitrogen and oxygen atoms in total. The highest BCUT2D eigenvalue weighted by molar-refractivity contribution is 5.16. The van der Waals surface area contributed by atoms with Crippen molar-refractivity contribution in [3.8, 4) is 0 Å². The largest absolute Gasteiger partial charge is 0.319 e. The highest BCUT2D eigenvalue weighted by Crippen LogP contribution is 2.23. The van der Waals surface area contributed by atoms with Crippen molar-refractivity contribution in [3.63, 3.8) is 0 Å². The van der Waals surface area contributed by atoms with Crippen molar-refractivity contribution in [2.45, 2.75) is 33.1 Å². The molecule has 0 bridgehead atoms. The molecule has 2 heteroatoms. The lowest BCUT2D eigenvalue weighted by Crippen LogP contribution is -2.27. The average molecular weight is 237 g/mol. The number of rotatable bonds is 7. The van der Waals surface area contributed by atoms with Crippen LogP contribution in [0.5, 0.6) is 0 Å². The maximum Gasteiger partial charge on any atom is 0.123 e. The Morgan fingerprint density at radius 1 is 1.06 bits per heavy atom. The lowest BCUT2D eigenvalue weighted by molar-refractivity contribution is 0.304. The van der Waals surface area contributed by atoms with E-state index >= 15 is 0 Å². The molecule has 0 amide bonds. The normalized spacial score (nSPS) is 13.0. The molecule has 0 heterocycles. The Balaban J connectivity index is 2.68. The molecule has 0 aliphatic rings. The summed E-state index contributed by atoms with van der Waals surface area (Å²) in [5, 5.41) is 3.27. The van der Waals surface area contributed by atoms with E-state index in [1.807, 2.05) is 19.2 Å². The maximum absolute atomic E-state index is 12.9. The van der Waals surface area contributed by atoms with Gasteiger partial charge in [-0.25, -0.2) is 4.39 Å². The first-order valence-electron chi connectivity index (χ1n) is 6.60. The fourth-order valence-electron chi connectivity index (χ4n) is 2.55. The molecule has 1 atom stereocenters. The predicted molar refractivity (Wildman–Crippen MR) is 71.6 cm³/mol. The molecule has 1 N–H and O–H groups in total. The van der Waals surface area contributed by atoms with Crippen LogP contribution in [0.4, 0.5) is 4.39 Å². The van der Waals surface area contributed by atoms with Crippen LogP contribution >= 0.6 is 0 Å². The molecule has 0 saturated heterocycles. The van der Waals surface area contributed by atoms with E-state index in [4.69, 9.17) is 0 Å². The van der Waals surface area contributed by atoms with Crippen LogP contribution in [0.15, 0.2) is 24.3 Å². The van der Waals surface area contributed by atoms with Gasteiger partial charge in [-0.15, -0.1) is 0 Å². The van der Waals surface area contributed by atoms with Crippen LogP contribution in [0, 0.1) is 17.7 Å². The van der Waals surface area contributed by atoms with Crippen molar-refractivity contribution in [1.82, 2.24) is 5.32 Å². The first-order chi connectivity index (χ1) is 8.21. The van der Waals surface area contributed by atoms with Crippen LogP contribution in [0.3, 0.4) is 0 Å². The molecule has 0 fully saturated rings. The Bertz CT molecular complexity index is 303. The second kappa shape index (κ2) is 7.44. The Labute approximate surface area is 104 Å². The minimum absolute atomic E-state index is 0.151. The van der Waals surface area contributed by atoms with Crippen molar-refractivity contribution < 1.29 is 4.39 Å². The number of hydrogen-bond acceptors (Lipinski definition) is 1. The van der Waals surface area contributed by atoms with E-state index in [2.05, 4.69) is 19.2 Å². The van der Waals surface area contributed by atoms with Crippen LogP contribution in [-0.2, 0) is 6.42 Å². The van der Waals surface area contributed by atoms with Gasteiger partial charge in [-0.3, -0.25) is 0 Å². The van der Waals surface area contributed by atoms with E-state index in [1.54, 1.807) is 12.1 Å². The fraction of sp³-hybridized carbons (Fsp3) is 0.600. The maximum atomic E-state index is 12.9. The zero-order chi connectivity index (χ0) is 12.7. The van der Waals surface area contributed by atoms with Crippen LogP contribution in [0.1, 0.15) is 32.3 Å². The van der Waals surface area contributed by atoms with Gasteiger partial charge in [0.1, 0.15) is 5.82 Å². The molecule has 0 spiro atoms. The summed E-state index contributed by atoms with van der Waals surface area (Å²) < 4.78 is 12.9. The minimum Gasteiger partial charge on any atom is -0.319 e. The second-order valence-electron chi connectivity index (χ2n) is 4.72. The summed E-state index contributed by atoms with van der Waals surface area (Å²) in [6.07, 6.45) is 3.46. The van der Waals surface area contributed by atoms with Gasteiger partial charge in [0.25, 0.3) is 0 Å². The Morgan fingerprint density at radius 3 is 2.12 bits per heavy atom. The third-order valence-electron chi connectivity index (χ3n) is 3.59. The third kappa shape index (κ3) is 4.47. The summed E-state index contributed by atoms with van der Waals surface area (Å²) in [4.78, 5) is 0. The van der Waals surface area contributed by atoms with Crippen molar-refractivity contribution >= 4 is 0 Å². The molecule has 0 radical (unpaired) electrons. The first-order valence-corrected chi connectivity index (χ1v) is 6.60. The van der Waals surface area contributed by atoms with Crippen LogP contribution in [0.25, 0.3) is 0 Å². The molecule has 1 rings (SSSR count). The van der Waals surface area contributed by atoms with Gasteiger partial charge in [0.2, 0.25) is 0 Å². The summed E-state index contributed by atoms with van der Waals surface area (Å²) in [6.45, 7) is 5.53. The van der Waals surface area contributed by atoms with Gasteiger partial charge in [-0.2, -0.15) is 0 Å². The van der Waals surface area contributed by atoms with Gasteiger partial charge < -0.3 is 5.32 Å². The Morgan fingerprint density at radius 2 is 1.65 bits per heavy atom. The smallest absolute Gasteiger partial charge is 0.123 e. The molecule has 96 valence electrons. The highest BCUT2D eigenvalue weighted by Gasteiger charge is 2.18. The monoisotopic (exact) mass is 237 g/mol. The zero-order valence-electron chi connectivity index (χ0n) is 11.2. The summed E-state index contributed by atoms with van der Waals surface area (Å²) in [7, 11) is 2.00. The molecule has 0 aromatic heterocycles. The summed E-state index contributed by atoms with van der Waals surface area (Å²) in [5.74, 6) is 1.23. The molecular weight excluding hydrogens is 213 g/mol. The lowest BCUT2D eigenvalue weighted by Gasteiger charge is -2.25. The lowest BCUT2D eigenvalue weighted by atomic mass is 9.83. The number of nitrogens with one attached hydrogen (secondary N) is 1. The van der Waals surface area contributed by atoms with Gasteiger partial charge in [0, 0.05) is 0 Å². The van der Waals surface area contributed by atoms with Gasteiger partial charge in [-0.05, 0) is 49.5 Å². The zero-order valence-corrected chi connectivity index (χ0v) is 11.2. The number of halogens is 1. The SMILES string of the molecule is CCC(CC)C(CNC)Cc1ccc(F)cc1. The highest BCUT2D eigenvalue weighted by atomic mass is 19.1. The number of benzene rings is 1. The van der Waals surface area contributed by atoms with Crippen molar-refractivity contribution in [3.05, 3.63) is 35.6 Å². The Hall–Kier alpha value is -0.890. The molecule has 0 saturated carbocycles. The van der Waals surface area contributed by atoms with Gasteiger partial charge in [0.05, 0.1) is 0 Å². The van der Waals surface area contributed by atoms with Crippen molar-refractivity contribution in [2.24, 2.45) is 11.8 Å². The molecule has 0 aliphatic carbocycles. The van der Waals surface area contributed by atoms with E-state index in [1.165, 1.54) is 18.4 Å². The Kier molecular flexibility index (Phi) is 6.20. The second-order valence-corrected chi connectivity index (χ2v) is 4.72. The quantitative estimate of drug-likeness (QED) is 0.763. The summed E-state index contributed by atoms with van der Waals surface area (Å²) >= 11 is 0. The van der Waals surface area contributed by atoms with E-state index < -0.39 is 0 Å². The topological polar surface area (TPSA) is 12.0 Å². The van der Waals surface area contributed by atoms with E-state index in [9.17, 15) is 4.39 Å². The average Bonchev–Trinajstić information content (AvgIpc) is 2.34. The standard InChI is InChI=1S/C15H24FN/c1-4-13(5-2)14(11-17-3)10-12-6-8-15(16)9-7-12/h6-9,13-14,17H,4-5,10-11H2,1-3H3. The molecule has 1 unspecified atom stereocenters.